The van der Waals surface area contributed by atoms with Gasteiger partial charge in [-0.2, -0.15) is 5.10 Å². The van der Waals surface area contributed by atoms with Gasteiger partial charge >= 0.3 is 0 Å². The molecule has 1 aromatic carbocycles. The van der Waals surface area contributed by atoms with Crippen molar-refractivity contribution in [3.8, 4) is 5.69 Å². The van der Waals surface area contributed by atoms with Gasteiger partial charge in [0.2, 0.25) is 0 Å². The smallest absolute Gasteiger partial charge is 0.251 e. The van der Waals surface area contributed by atoms with Crippen LogP contribution in [0.1, 0.15) is 49.4 Å². The minimum absolute atomic E-state index is 0.0971. The Morgan fingerprint density at radius 3 is 2.57 bits per heavy atom. The Balaban J connectivity index is 1.76. The van der Waals surface area contributed by atoms with Crippen LogP contribution in [0.25, 0.3) is 17.3 Å². The molecule has 0 saturated heterocycles. The molecule has 0 spiro atoms. The van der Waals surface area contributed by atoms with Crippen molar-refractivity contribution >= 4 is 17.6 Å². The third kappa shape index (κ3) is 4.42. The molecule has 0 unspecified atom stereocenters. The Morgan fingerprint density at radius 1 is 1.29 bits per heavy atom. The second kappa shape index (κ2) is 9.02. The fourth-order valence-corrected chi connectivity index (χ4v) is 3.74. The zero-order valence-electron chi connectivity index (χ0n) is 16.7. The van der Waals surface area contributed by atoms with E-state index in [9.17, 15) is 9.90 Å². The summed E-state index contributed by atoms with van der Waals surface area (Å²) in [4.78, 5) is 12.8. The minimum atomic E-state index is -0.180. The lowest BCUT2D eigenvalue weighted by Crippen LogP contribution is -2.32. The maximum atomic E-state index is 12.8. The molecule has 2 aromatic rings. The fraction of sp³-hybridized carbons (Fsp3) is 0.391. The van der Waals surface area contributed by atoms with Gasteiger partial charge in [0.1, 0.15) is 0 Å². The van der Waals surface area contributed by atoms with Crippen LogP contribution in [0.4, 0.5) is 0 Å². The van der Waals surface area contributed by atoms with Crippen molar-refractivity contribution in [2.45, 2.75) is 45.6 Å². The number of nitrogens with one attached hydrogen (secondary N) is 1. The van der Waals surface area contributed by atoms with Crippen LogP contribution < -0.4 is 5.32 Å². The molecule has 0 radical (unpaired) electrons. The highest BCUT2D eigenvalue weighted by Crippen LogP contribution is 2.25. The average molecular weight is 380 g/mol. The number of aryl methyl sites for hydroxylation is 1. The molecule has 0 atom stereocenters. The highest BCUT2D eigenvalue weighted by atomic mass is 16.3. The van der Waals surface area contributed by atoms with Crippen LogP contribution in [-0.2, 0) is 4.79 Å². The van der Waals surface area contributed by atoms with Crippen LogP contribution in [-0.4, -0.2) is 33.4 Å². The van der Waals surface area contributed by atoms with E-state index < -0.39 is 0 Å². The lowest BCUT2D eigenvalue weighted by Gasteiger charge is -2.25. The third-order valence-electron chi connectivity index (χ3n) is 5.47. The first-order valence-electron chi connectivity index (χ1n) is 9.94. The van der Waals surface area contributed by atoms with Crippen molar-refractivity contribution in [2.24, 2.45) is 5.92 Å². The lowest BCUT2D eigenvalue weighted by molar-refractivity contribution is -0.115. The summed E-state index contributed by atoms with van der Waals surface area (Å²) in [6.45, 7) is 8.47. The molecule has 1 amide bonds. The molecule has 1 aromatic heterocycles. The number of aliphatic hydroxyl groups is 1. The monoisotopic (exact) mass is 379 g/mol. The number of hydrogen-bond acceptors (Lipinski definition) is 3. The summed E-state index contributed by atoms with van der Waals surface area (Å²) in [6.07, 6.45) is 8.65. The Kier molecular flexibility index (Phi) is 6.47. The van der Waals surface area contributed by atoms with Gasteiger partial charge in [0.15, 0.2) is 0 Å². The van der Waals surface area contributed by atoms with E-state index in [2.05, 4.69) is 17.0 Å². The van der Waals surface area contributed by atoms with Crippen molar-refractivity contribution in [1.29, 1.82) is 0 Å². The average Bonchev–Trinajstić information content (AvgIpc) is 3.12. The van der Waals surface area contributed by atoms with Crippen molar-refractivity contribution in [3.05, 3.63) is 59.9 Å². The van der Waals surface area contributed by atoms with E-state index in [1.54, 1.807) is 17.0 Å². The topological polar surface area (TPSA) is 67.2 Å². The number of aromatic nitrogens is 2. The fourth-order valence-electron chi connectivity index (χ4n) is 3.74. The Bertz CT molecular complexity index is 856. The standard InChI is InChI=1S/C23H29N3O2/c1-4-20(23(28)24-14-17-8-12-19(27)13-9-17)21-15-25-26(22(21)5-2)18-10-6-16(3)7-11-18/h4-7,10-11,15,17,19,27H,2,8-9,12-14H2,1,3H3,(H,24,28)/b20-4+. The first-order valence-corrected chi connectivity index (χ1v) is 9.94. The van der Waals surface area contributed by atoms with Crippen molar-refractivity contribution in [1.82, 2.24) is 15.1 Å². The SMILES string of the molecule is C=Cc1c(/C(=C\C)C(=O)NCC2CCC(O)CC2)cnn1-c1ccc(C)cc1. The highest BCUT2D eigenvalue weighted by molar-refractivity contribution is 6.20. The maximum absolute atomic E-state index is 12.8. The van der Waals surface area contributed by atoms with Gasteiger partial charge in [-0.1, -0.05) is 30.4 Å². The molecule has 1 heterocycles. The van der Waals surface area contributed by atoms with Gasteiger partial charge in [-0.05, 0) is 63.7 Å². The van der Waals surface area contributed by atoms with E-state index in [1.807, 2.05) is 44.2 Å². The number of aliphatic hydroxyl groups excluding tert-OH is 1. The molecule has 1 fully saturated rings. The van der Waals surface area contributed by atoms with Crippen LogP contribution in [0.2, 0.25) is 0 Å². The largest absolute Gasteiger partial charge is 0.393 e. The molecule has 28 heavy (non-hydrogen) atoms. The van der Waals surface area contributed by atoms with Gasteiger partial charge in [0.25, 0.3) is 5.91 Å². The van der Waals surface area contributed by atoms with E-state index >= 15 is 0 Å². The normalized spacial score (nSPS) is 20.0. The van der Waals surface area contributed by atoms with Crippen LogP contribution in [0.5, 0.6) is 0 Å². The van der Waals surface area contributed by atoms with E-state index in [-0.39, 0.29) is 12.0 Å². The van der Waals surface area contributed by atoms with Gasteiger partial charge in [-0.15, -0.1) is 0 Å². The summed E-state index contributed by atoms with van der Waals surface area (Å²) in [5, 5.41) is 17.2. The lowest BCUT2D eigenvalue weighted by atomic mass is 9.87. The molecule has 5 heteroatoms. The molecular weight excluding hydrogens is 350 g/mol. The second-order valence-corrected chi connectivity index (χ2v) is 7.48. The number of allylic oxidation sites excluding steroid dienone is 1. The summed E-state index contributed by atoms with van der Waals surface area (Å²) in [6, 6.07) is 8.08. The summed E-state index contributed by atoms with van der Waals surface area (Å²) in [5.74, 6) is 0.333. The number of amides is 1. The number of nitrogens with zero attached hydrogens (tertiary/aromatic N) is 2. The number of carbonyl (C=O) groups excluding carboxylic acids is 1. The van der Waals surface area contributed by atoms with E-state index in [4.69, 9.17) is 0 Å². The Hall–Kier alpha value is -2.66. The molecule has 5 nitrogen and oxygen atoms in total. The predicted molar refractivity (Wildman–Crippen MR) is 113 cm³/mol. The molecule has 1 saturated carbocycles. The molecular formula is C23H29N3O2. The van der Waals surface area contributed by atoms with Crippen LogP contribution in [0.3, 0.4) is 0 Å². The van der Waals surface area contributed by atoms with E-state index in [1.165, 1.54) is 5.56 Å². The molecule has 0 aliphatic heterocycles. The van der Waals surface area contributed by atoms with Gasteiger partial charge in [-0.3, -0.25) is 4.79 Å². The number of benzene rings is 1. The third-order valence-corrected chi connectivity index (χ3v) is 5.47. The summed E-state index contributed by atoms with van der Waals surface area (Å²) in [5.41, 5.74) is 4.29. The first-order chi connectivity index (χ1) is 13.5. The van der Waals surface area contributed by atoms with Gasteiger partial charge < -0.3 is 10.4 Å². The van der Waals surface area contributed by atoms with Crippen molar-refractivity contribution in [3.63, 3.8) is 0 Å². The quantitative estimate of drug-likeness (QED) is 0.748. The number of rotatable bonds is 6. The van der Waals surface area contributed by atoms with Gasteiger partial charge in [0, 0.05) is 17.7 Å². The minimum Gasteiger partial charge on any atom is -0.393 e. The van der Waals surface area contributed by atoms with E-state index in [0.29, 0.717) is 18.0 Å². The summed E-state index contributed by atoms with van der Waals surface area (Å²) < 4.78 is 1.81. The number of carbonyl (C=O) groups is 1. The Labute approximate surface area is 166 Å². The van der Waals surface area contributed by atoms with Crippen molar-refractivity contribution in [2.75, 3.05) is 6.54 Å². The first kappa shape index (κ1) is 20.1. The predicted octanol–water partition coefficient (Wildman–Crippen LogP) is 3.89. The zero-order valence-corrected chi connectivity index (χ0v) is 16.7. The van der Waals surface area contributed by atoms with Crippen LogP contribution >= 0.6 is 0 Å². The molecule has 1 aliphatic carbocycles. The molecule has 148 valence electrons. The number of hydrogen-bond donors (Lipinski definition) is 2. The molecule has 2 N–H and O–H groups in total. The summed E-state index contributed by atoms with van der Waals surface area (Å²) in [7, 11) is 0. The van der Waals surface area contributed by atoms with Crippen LogP contribution in [0, 0.1) is 12.8 Å². The Morgan fingerprint density at radius 2 is 1.96 bits per heavy atom. The van der Waals surface area contributed by atoms with Gasteiger partial charge in [-0.25, -0.2) is 4.68 Å². The second-order valence-electron chi connectivity index (χ2n) is 7.48. The zero-order chi connectivity index (χ0) is 20.1. The molecule has 3 rings (SSSR count). The highest BCUT2D eigenvalue weighted by Gasteiger charge is 2.22. The molecule has 1 aliphatic rings. The van der Waals surface area contributed by atoms with Crippen molar-refractivity contribution < 1.29 is 9.90 Å². The van der Waals surface area contributed by atoms with Gasteiger partial charge in [0.05, 0.1) is 23.7 Å². The van der Waals surface area contributed by atoms with E-state index in [0.717, 1.165) is 42.6 Å². The molecule has 0 bridgehead atoms. The maximum Gasteiger partial charge on any atom is 0.251 e. The summed E-state index contributed by atoms with van der Waals surface area (Å²) >= 11 is 0. The van der Waals surface area contributed by atoms with Crippen LogP contribution in [0.15, 0.2) is 43.1 Å².